The highest BCUT2D eigenvalue weighted by Crippen LogP contribution is 2.25. The molecule has 0 unspecified atom stereocenters. The van der Waals surface area contributed by atoms with Crippen LogP contribution >= 0.6 is 7.82 Å². The van der Waals surface area contributed by atoms with E-state index in [-0.39, 0.29) is 20.2 Å². The van der Waals surface area contributed by atoms with Crippen molar-refractivity contribution in [2.45, 2.75) is 6.29 Å². The molecule has 0 bridgehead atoms. The maximum Gasteiger partial charge on any atom is 0.466 e. The lowest BCUT2D eigenvalue weighted by molar-refractivity contribution is 0.143. The lowest BCUT2D eigenvalue weighted by atomic mass is 10.7. The van der Waals surface area contributed by atoms with E-state index in [9.17, 15) is 0 Å². The van der Waals surface area contributed by atoms with Crippen molar-refractivity contribution < 1.29 is 34.6 Å². The van der Waals surface area contributed by atoms with Crippen molar-refractivity contribution in [1.82, 2.24) is 16.0 Å². The first-order valence-electron chi connectivity index (χ1n) is 3.66. The van der Waals surface area contributed by atoms with Gasteiger partial charge < -0.3 is 30.0 Å². The summed E-state index contributed by atoms with van der Waals surface area (Å²) in [5, 5.41) is 32.5. The number of rotatable bonds is 6. The van der Waals surface area contributed by atoms with Crippen LogP contribution in [0.2, 0.25) is 0 Å². The van der Waals surface area contributed by atoms with Crippen molar-refractivity contribution in [3.05, 3.63) is 0 Å². The Morgan fingerprint density at radius 1 is 0.867 bits per heavy atom. The van der Waals surface area contributed by atoms with Gasteiger partial charge in [0.2, 0.25) is 0 Å². The second-order valence-corrected chi connectivity index (χ2v) is 3.06. The molecule has 9 N–H and O–H groups in total. The Morgan fingerprint density at radius 2 is 1.07 bits per heavy atom. The molecule has 0 spiro atoms. The summed E-state index contributed by atoms with van der Waals surface area (Å²) in [5.74, 6) is 0. The minimum Gasteiger partial charge on any atom is -0.381 e. The predicted octanol–water partition coefficient (Wildman–Crippen LogP) is -4.04. The van der Waals surface area contributed by atoms with E-state index in [1.54, 1.807) is 0 Å². The van der Waals surface area contributed by atoms with Crippen molar-refractivity contribution in [1.29, 1.82) is 0 Å². The van der Waals surface area contributed by atoms with Gasteiger partial charge in [0.25, 0.3) is 0 Å². The zero-order valence-corrected chi connectivity index (χ0v) is 8.63. The van der Waals surface area contributed by atoms with E-state index in [4.69, 9.17) is 34.6 Å². The molecule has 0 aliphatic rings. The molecule has 94 valence electrons. The van der Waals surface area contributed by atoms with E-state index in [2.05, 4.69) is 16.0 Å². The molecule has 0 radical (unpaired) electrons. The van der Waals surface area contributed by atoms with Gasteiger partial charge in [0, 0.05) is 0 Å². The summed E-state index contributed by atoms with van der Waals surface area (Å²) in [6.45, 7) is -0.694. The first-order chi connectivity index (χ1) is 6.85. The summed E-state index contributed by atoms with van der Waals surface area (Å²) in [6, 6.07) is 0. The fraction of sp³-hybridized carbons (Fsp3) is 1.00. The number of phosphoric acid groups is 1. The molecule has 0 atom stereocenters. The highest BCUT2D eigenvalue weighted by atomic mass is 31.2. The van der Waals surface area contributed by atoms with Crippen LogP contribution in [-0.4, -0.2) is 56.5 Å². The normalized spacial score (nSPS) is 11.1. The zero-order valence-electron chi connectivity index (χ0n) is 7.74. The molecule has 0 aromatic heterocycles. The number of aliphatic hydroxyl groups is 3. The van der Waals surface area contributed by atoms with Crippen LogP contribution in [0.1, 0.15) is 0 Å². The average molecular weight is 249 g/mol. The molecule has 11 heteroatoms. The summed E-state index contributed by atoms with van der Waals surface area (Å²) in [5.41, 5.74) is 0. The van der Waals surface area contributed by atoms with Crippen molar-refractivity contribution >= 4 is 7.82 Å². The van der Waals surface area contributed by atoms with Gasteiger partial charge >= 0.3 is 7.82 Å². The van der Waals surface area contributed by atoms with Gasteiger partial charge in [0.15, 0.2) is 0 Å². The van der Waals surface area contributed by atoms with Gasteiger partial charge in [-0.1, -0.05) is 0 Å². The lowest BCUT2D eigenvalue weighted by Crippen LogP contribution is -2.53. The molecule has 10 nitrogen and oxygen atoms in total. The molecule has 0 aliphatic carbocycles. The topological polar surface area (TPSA) is 175 Å². The molecule has 0 aromatic rings. The number of hydrogen-bond donors (Lipinski definition) is 9. The Morgan fingerprint density at radius 3 is 1.20 bits per heavy atom. The fourth-order valence-electron chi connectivity index (χ4n) is 0.490. The van der Waals surface area contributed by atoms with Crippen LogP contribution in [0.25, 0.3) is 0 Å². The molecule has 0 aliphatic heterocycles. The smallest absolute Gasteiger partial charge is 0.381 e. The molecular weight excluding hydrogens is 233 g/mol. The summed E-state index contributed by atoms with van der Waals surface area (Å²) in [4.78, 5) is 21.6. The van der Waals surface area contributed by atoms with E-state index in [0.29, 0.717) is 0 Å². The van der Waals surface area contributed by atoms with Crippen LogP contribution in [0.4, 0.5) is 0 Å². The van der Waals surface area contributed by atoms with Crippen LogP contribution in [0.3, 0.4) is 0 Å². The molecule has 0 amide bonds. The van der Waals surface area contributed by atoms with Crippen LogP contribution in [0, 0.1) is 0 Å². The zero-order chi connectivity index (χ0) is 12.3. The molecule has 0 saturated heterocycles. The standard InChI is InChI=1S/C4H13N3O3.H3O4P/c8-1-5-4(6-2-9)7-3-10;1-5(2,3)4/h4-10H,1-3H2;(H3,1,2,3,4). The summed E-state index contributed by atoms with van der Waals surface area (Å²) < 4.78 is 8.88. The highest BCUT2D eigenvalue weighted by molar-refractivity contribution is 7.45. The van der Waals surface area contributed by atoms with Crippen molar-refractivity contribution in [2.75, 3.05) is 20.2 Å². The van der Waals surface area contributed by atoms with E-state index in [1.165, 1.54) is 0 Å². The number of nitrogens with one attached hydrogen (secondary N) is 3. The van der Waals surface area contributed by atoms with Crippen LogP contribution < -0.4 is 16.0 Å². The van der Waals surface area contributed by atoms with Gasteiger partial charge in [0.05, 0.1) is 20.2 Å². The molecule has 0 aromatic carbocycles. The van der Waals surface area contributed by atoms with Crippen molar-refractivity contribution in [2.24, 2.45) is 0 Å². The SMILES string of the molecule is O=P(O)(O)O.OCNC(NCO)NCO. The van der Waals surface area contributed by atoms with Crippen molar-refractivity contribution in [3.8, 4) is 0 Å². The van der Waals surface area contributed by atoms with Crippen LogP contribution in [0.15, 0.2) is 0 Å². The maximum atomic E-state index is 8.88. The third kappa shape index (κ3) is 24.8. The first kappa shape index (κ1) is 17.3. The molecule has 0 rings (SSSR count). The van der Waals surface area contributed by atoms with Gasteiger partial charge in [-0.15, -0.1) is 0 Å². The Bertz CT molecular complexity index is 153. The average Bonchev–Trinajstić information content (AvgIpc) is 2.02. The van der Waals surface area contributed by atoms with Crippen LogP contribution in [-0.2, 0) is 4.57 Å². The minimum absolute atomic E-state index is 0.231. The second kappa shape index (κ2) is 10.4. The Balaban J connectivity index is 0. The van der Waals surface area contributed by atoms with E-state index in [1.807, 2.05) is 0 Å². The number of aliphatic hydroxyl groups excluding tert-OH is 3. The lowest BCUT2D eigenvalue weighted by Gasteiger charge is -2.17. The monoisotopic (exact) mass is 249 g/mol. The molecule has 0 fully saturated rings. The maximum absolute atomic E-state index is 8.88. The quantitative estimate of drug-likeness (QED) is 0.166. The minimum atomic E-state index is -4.64. The Hall–Kier alpha value is -0.130. The van der Waals surface area contributed by atoms with E-state index in [0.717, 1.165) is 0 Å². The van der Waals surface area contributed by atoms with E-state index < -0.39 is 14.1 Å². The second-order valence-electron chi connectivity index (χ2n) is 2.03. The van der Waals surface area contributed by atoms with Gasteiger partial charge in [-0.2, -0.15) is 0 Å². The summed E-state index contributed by atoms with van der Waals surface area (Å²) in [7, 11) is -4.64. The molecular formula is C4H16N3O7P. The van der Waals surface area contributed by atoms with Gasteiger partial charge in [0.1, 0.15) is 6.29 Å². The number of hydrogen-bond acceptors (Lipinski definition) is 7. The first-order valence-corrected chi connectivity index (χ1v) is 5.22. The molecule has 0 heterocycles. The van der Waals surface area contributed by atoms with Crippen LogP contribution in [0.5, 0.6) is 0 Å². The highest BCUT2D eigenvalue weighted by Gasteiger charge is 2.01. The largest absolute Gasteiger partial charge is 0.466 e. The third-order valence-electron chi connectivity index (χ3n) is 0.886. The van der Waals surface area contributed by atoms with Crippen molar-refractivity contribution in [3.63, 3.8) is 0 Å². The van der Waals surface area contributed by atoms with Gasteiger partial charge in [-0.05, 0) is 0 Å². The van der Waals surface area contributed by atoms with Gasteiger partial charge in [-0.3, -0.25) is 16.0 Å². The fourth-order valence-corrected chi connectivity index (χ4v) is 0.490. The van der Waals surface area contributed by atoms with E-state index >= 15 is 0 Å². The third-order valence-corrected chi connectivity index (χ3v) is 0.886. The van der Waals surface area contributed by atoms with Gasteiger partial charge in [-0.25, -0.2) is 4.57 Å². The summed E-state index contributed by atoms with van der Waals surface area (Å²) >= 11 is 0. The summed E-state index contributed by atoms with van der Waals surface area (Å²) in [6.07, 6.45) is -0.472. The Kier molecular flexibility index (Phi) is 12.0. The molecule has 0 saturated carbocycles. The molecule has 15 heavy (non-hydrogen) atoms. The predicted molar refractivity (Wildman–Crippen MR) is 48.7 cm³/mol. The Labute approximate surface area is 85.8 Å².